The average Bonchev–Trinajstić information content (AvgIpc) is 3.69. The van der Waals surface area contributed by atoms with Gasteiger partial charge < -0.3 is 45.1 Å². The van der Waals surface area contributed by atoms with Gasteiger partial charge in [-0.05, 0) is 95.4 Å². The highest BCUT2D eigenvalue weighted by atomic mass is 16.7. The third-order valence-corrected chi connectivity index (χ3v) is 13.5. The van der Waals surface area contributed by atoms with Gasteiger partial charge in [-0.1, -0.05) is 74.6 Å². The van der Waals surface area contributed by atoms with E-state index in [0.29, 0.717) is 24.3 Å². The molecule has 0 aromatic heterocycles. The molecular weight excluding hydrogens is 767 g/mol. The number of allylic oxidation sites excluding steroid dienone is 5. The smallest absolute Gasteiger partial charge is 0.408 e. The van der Waals surface area contributed by atoms with Gasteiger partial charge in [0.05, 0.1) is 12.2 Å². The summed E-state index contributed by atoms with van der Waals surface area (Å²) in [6.45, 7) is 16.1. The monoisotopic (exact) mass is 825 g/mol. The zero-order chi connectivity index (χ0) is 43.4. The molecule has 4 aliphatic carbocycles. The van der Waals surface area contributed by atoms with Crippen molar-refractivity contribution in [2.75, 3.05) is 11.9 Å². The molecule has 3 amide bonds. The van der Waals surface area contributed by atoms with Gasteiger partial charge in [-0.3, -0.25) is 14.4 Å². The van der Waals surface area contributed by atoms with Crippen LogP contribution in [0.3, 0.4) is 0 Å². The van der Waals surface area contributed by atoms with Crippen LogP contribution in [0.1, 0.15) is 91.6 Å². The number of hydrogen-bond donors (Lipinski definition) is 5. The summed E-state index contributed by atoms with van der Waals surface area (Å²) in [5.74, 6) is -0.711. The summed E-state index contributed by atoms with van der Waals surface area (Å²) in [6, 6.07) is 12.6. The minimum Gasteiger partial charge on any atom is -0.489 e. The maximum atomic E-state index is 13.9. The molecule has 2 aromatic rings. The lowest BCUT2D eigenvalue weighted by molar-refractivity contribution is -0.201. The van der Waals surface area contributed by atoms with Gasteiger partial charge >= 0.3 is 6.09 Å². The van der Waals surface area contributed by atoms with Gasteiger partial charge in [-0.15, -0.1) is 0 Å². The molecule has 0 unspecified atom stereocenters. The Balaban J connectivity index is 0.960. The van der Waals surface area contributed by atoms with E-state index in [9.17, 15) is 29.4 Å². The number of rotatable bonds is 11. The molecule has 0 spiro atoms. The summed E-state index contributed by atoms with van der Waals surface area (Å²) in [6.07, 6.45) is 6.34. The van der Waals surface area contributed by atoms with Crippen LogP contribution < -0.4 is 20.7 Å². The van der Waals surface area contributed by atoms with Crippen molar-refractivity contribution < 1.29 is 48.3 Å². The van der Waals surface area contributed by atoms with Gasteiger partial charge in [-0.2, -0.15) is 0 Å². The van der Waals surface area contributed by atoms with Gasteiger partial charge in [0.2, 0.25) is 11.8 Å². The minimum atomic E-state index is -1.40. The highest BCUT2D eigenvalue weighted by molar-refractivity contribution is 5.98. The SMILES string of the molecule is C=C1C=C[C@@]2(C)C(=C1)CC[C@@H]1[C@@H]2[C@@H](O)C[C@@]2(C)[C@H]1C[C@H]1O[C@@H](c3ccc(COc4cccc(NC(=O)[C@H](C)NC(=O)[C@H](C)NC(=O)OC(C)(C)C)c4)cc3)O[C@]12C(=O)CO. The number of amides is 3. The van der Waals surface area contributed by atoms with E-state index in [1.165, 1.54) is 19.4 Å². The largest absolute Gasteiger partial charge is 0.489 e. The molecule has 1 heterocycles. The second kappa shape index (κ2) is 16.2. The molecule has 3 saturated carbocycles. The lowest BCUT2D eigenvalue weighted by atomic mass is 9.46. The molecule has 60 heavy (non-hydrogen) atoms. The maximum absolute atomic E-state index is 13.9. The van der Waals surface area contributed by atoms with E-state index in [4.69, 9.17) is 18.9 Å². The Morgan fingerprint density at radius 1 is 1.02 bits per heavy atom. The van der Waals surface area contributed by atoms with Crippen molar-refractivity contribution in [3.05, 3.63) is 95.6 Å². The molecule has 7 rings (SSSR count). The fourth-order valence-electron chi connectivity index (χ4n) is 10.7. The molecule has 322 valence electrons. The molecule has 13 heteroatoms. The highest BCUT2D eigenvalue weighted by Gasteiger charge is 2.75. The Morgan fingerprint density at radius 2 is 1.73 bits per heavy atom. The standard InChI is InChI=1S/C47H59N3O10/c1-26-18-19-45(7)31(20-26)16-17-34-35-22-38-47(37(53)24-51,46(35,8)23-36(52)39(34)45)59-42(58-38)30-14-12-29(13-15-30)25-57-33-11-9-10-32(21-33)50-41(55)27(2)48-40(54)28(3)49-43(56)60-44(4,5)6/h9-15,18-21,27-28,34-36,38-39,42,51-52H,1,16-17,22-25H2,2-8H3,(H,48,54)(H,49,56)(H,50,55)/t27-,28-,34-,35-,36-,38+,39+,42+,45-,46-,47+/m0/s1. The van der Waals surface area contributed by atoms with Crippen molar-refractivity contribution in [2.24, 2.45) is 28.6 Å². The van der Waals surface area contributed by atoms with Crippen LogP contribution in [-0.2, 0) is 35.2 Å². The molecule has 2 aromatic carbocycles. The van der Waals surface area contributed by atoms with Crippen LogP contribution in [0.25, 0.3) is 0 Å². The number of nitrogens with one attached hydrogen (secondary N) is 3. The van der Waals surface area contributed by atoms with Crippen molar-refractivity contribution in [3.8, 4) is 5.75 Å². The van der Waals surface area contributed by atoms with Crippen molar-refractivity contribution in [3.63, 3.8) is 0 Å². The first-order valence-corrected chi connectivity index (χ1v) is 20.9. The summed E-state index contributed by atoms with van der Waals surface area (Å²) in [4.78, 5) is 51.5. The Labute approximate surface area is 352 Å². The Kier molecular flexibility index (Phi) is 11.7. The first kappa shape index (κ1) is 43.3. The molecule has 0 bridgehead atoms. The molecule has 5 N–H and O–H groups in total. The first-order chi connectivity index (χ1) is 28.3. The summed E-state index contributed by atoms with van der Waals surface area (Å²) < 4.78 is 24.6. The number of aliphatic hydroxyl groups excluding tert-OH is 2. The Bertz CT molecular complexity index is 2090. The van der Waals surface area contributed by atoms with Crippen LogP contribution in [0.2, 0.25) is 0 Å². The molecule has 11 atom stereocenters. The number of carbonyl (C=O) groups is 4. The van der Waals surface area contributed by atoms with E-state index < -0.39 is 77.5 Å². The number of anilines is 1. The van der Waals surface area contributed by atoms with Crippen molar-refractivity contribution in [1.82, 2.24) is 10.6 Å². The number of benzene rings is 2. The molecule has 1 aliphatic heterocycles. The number of hydrogen-bond acceptors (Lipinski definition) is 10. The average molecular weight is 826 g/mol. The van der Waals surface area contributed by atoms with Gasteiger partial charge in [0, 0.05) is 34.1 Å². The lowest BCUT2D eigenvalue weighted by Crippen LogP contribution is -2.63. The Hall–Kier alpha value is -4.82. The van der Waals surface area contributed by atoms with Crippen molar-refractivity contribution >= 4 is 29.4 Å². The Morgan fingerprint density at radius 3 is 2.43 bits per heavy atom. The van der Waals surface area contributed by atoms with Crippen LogP contribution in [-0.4, -0.2) is 76.0 Å². The zero-order valence-corrected chi connectivity index (χ0v) is 35.6. The van der Waals surface area contributed by atoms with E-state index in [0.717, 1.165) is 29.5 Å². The van der Waals surface area contributed by atoms with Crippen molar-refractivity contribution in [2.45, 2.75) is 123 Å². The maximum Gasteiger partial charge on any atom is 0.408 e. The van der Waals surface area contributed by atoms with E-state index in [2.05, 4.69) is 48.5 Å². The fourth-order valence-corrected chi connectivity index (χ4v) is 10.7. The molecule has 0 radical (unpaired) electrons. The second-order valence-electron chi connectivity index (χ2n) is 18.7. The summed E-state index contributed by atoms with van der Waals surface area (Å²) in [5.41, 5.74) is 1.15. The van der Waals surface area contributed by atoms with Gasteiger partial charge in [0.1, 0.15) is 36.6 Å². The van der Waals surface area contributed by atoms with Crippen molar-refractivity contribution in [1.29, 1.82) is 0 Å². The van der Waals surface area contributed by atoms with Gasteiger partial charge in [0.15, 0.2) is 17.7 Å². The van der Waals surface area contributed by atoms with Crippen LogP contribution >= 0.6 is 0 Å². The predicted octanol–water partition coefficient (Wildman–Crippen LogP) is 6.21. The number of ketones is 1. The van der Waals surface area contributed by atoms with Crippen LogP contribution in [0.4, 0.5) is 10.5 Å². The first-order valence-electron chi connectivity index (χ1n) is 20.9. The molecule has 13 nitrogen and oxygen atoms in total. The molecule has 1 saturated heterocycles. The van der Waals surface area contributed by atoms with Crippen LogP contribution in [0.15, 0.2) is 84.5 Å². The summed E-state index contributed by atoms with van der Waals surface area (Å²) >= 11 is 0. The normalized spacial score (nSPS) is 32.5. The van der Waals surface area contributed by atoms with E-state index in [1.807, 2.05) is 30.3 Å². The lowest BCUT2D eigenvalue weighted by Gasteiger charge is -2.59. The number of aliphatic hydroxyl groups is 2. The second-order valence-corrected chi connectivity index (χ2v) is 18.7. The topological polar surface area (TPSA) is 182 Å². The van der Waals surface area contributed by atoms with E-state index >= 15 is 0 Å². The molecular formula is C47H59N3O10. The quantitative estimate of drug-likeness (QED) is 0.175. The van der Waals surface area contributed by atoms with E-state index in [1.54, 1.807) is 45.0 Å². The third kappa shape index (κ3) is 7.92. The van der Waals surface area contributed by atoms with Gasteiger partial charge in [-0.25, -0.2) is 4.79 Å². The number of alkyl carbamates (subject to hydrolysis) is 1. The predicted molar refractivity (Wildman–Crippen MR) is 223 cm³/mol. The third-order valence-electron chi connectivity index (χ3n) is 13.5. The number of carbonyl (C=O) groups excluding carboxylic acids is 4. The van der Waals surface area contributed by atoms with E-state index in [-0.39, 0.29) is 29.8 Å². The molecule has 4 fully saturated rings. The van der Waals surface area contributed by atoms with Gasteiger partial charge in [0.25, 0.3) is 0 Å². The zero-order valence-electron chi connectivity index (χ0n) is 35.6. The molecule has 5 aliphatic rings. The number of Topliss-reactive ketones (excluding diaryl/α,β-unsaturated/α-hetero) is 1. The number of fused-ring (bicyclic) bond motifs is 7. The van der Waals surface area contributed by atoms with Crippen LogP contribution in [0, 0.1) is 28.6 Å². The summed E-state index contributed by atoms with van der Waals surface area (Å²) in [7, 11) is 0. The van der Waals surface area contributed by atoms with Crippen LogP contribution in [0.5, 0.6) is 5.75 Å². The fraction of sp³-hybridized carbons (Fsp3) is 0.532. The summed E-state index contributed by atoms with van der Waals surface area (Å²) in [5, 5.41) is 30.2. The highest BCUT2D eigenvalue weighted by Crippen LogP contribution is 2.70. The number of ether oxygens (including phenoxy) is 4. The minimum absolute atomic E-state index is 0.0127.